The van der Waals surface area contributed by atoms with E-state index in [0.29, 0.717) is 17.9 Å². The molecule has 0 aliphatic rings. The van der Waals surface area contributed by atoms with E-state index in [9.17, 15) is 4.39 Å². The number of halogens is 1. The molecule has 5 nitrogen and oxygen atoms in total. The summed E-state index contributed by atoms with van der Waals surface area (Å²) in [7, 11) is 0. The van der Waals surface area contributed by atoms with Crippen LogP contribution in [0.4, 0.5) is 4.39 Å². The number of aromatic nitrogens is 4. The lowest BCUT2D eigenvalue weighted by Crippen LogP contribution is -2.05. The highest BCUT2D eigenvalue weighted by molar-refractivity contribution is 5.31. The van der Waals surface area contributed by atoms with Crippen molar-refractivity contribution in [2.75, 3.05) is 6.61 Å². The number of hydrogen-bond donors (Lipinski definition) is 1. The second-order valence-corrected chi connectivity index (χ2v) is 2.96. The molecule has 2 rings (SSSR count). The molecule has 0 spiro atoms. The Balaban J connectivity index is 2.36. The Kier molecular flexibility index (Phi) is 2.68. The van der Waals surface area contributed by atoms with E-state index in [1.807, 2.05) is 0 Å². The van der Waals surface area contributed by atoms with Crippen LogP contribution in [0.15, 0.2) is 24.3 Å². The minimum atomic E-state index is -0.310. The molecule has 15 heavy (non-hydrogen) atoms. The number of aliphatic hydroxyl groups is 1. The maximum atomic E-state index is 12.7. The van der Waals surface area contributed by atoms with Gasteiger partial charge in [-0.05, 0) is 34.7 Å². The van der Waals surface area contributed by atoms with Gasteiger partial charge in [-0.1, -0.05) is 0 Å². The van der Waals surface area contributed by atoms with Crippen molar-refractivity contribution in [3.63, 3.8) is 0 Å². The van der Waals surface area contributed by atoms with E-state index in [-0.39, 0.29) is 12.4 Å². The highest BCUT2D eigenvalue weighted by Crippen LogP contribution is 2.09. The first-order chi connectivity index (χ1) is 7.31. The van der Waals surface area contributed by atoms with Crippen LogP contribution in [0.25, 0.3) is 5.69 Å². The largest absolute Gasteiger partial charge is 0.396 e. The maximum absolute atomic E-state index is 12.7. The van der Waals surface area contributed by atoms with Crippen LogP contribution in [-0.2, 0) is 6.42 Å². The molecule has 0 bridgehead atoms. The van der Waals surface area contributed by atoms with Crippen LogP contribution in [0.2, 0.25) is 0 Å². The number of rotatable bonds is 3. The molecule has 0 saturated heterocycles. The van der Waals surface area contributed by atoms with Gasteiger partial charge in [0.1, 0.15) is 5.82 Å². The topological polar surface area (TPSA) is 63.8 Å². The molecular formula is C9H9FN4O. The predicted octanol–water partition coefficient (Wildman–Crippen LogP) is 0.336. The van der Waals surface area contributed by atoms with E-state index in [1.165, 1.54) is 16.8 Å². The lowest BCUT2D eigenvalue weighted by Gasteiger charge is -2.02. The molecule has 0 amide bonds. The van der Waals surface area contributed by atoms with Crippen LogP contribution < -0.4 is 0 Å². The molecule has 2 aromatic rings. The van der Waals surface area contributed by atoms with E-state index in [2.05, 4.69) is 15.5 Å². The van der Waals surface area contributed by atoms with Gasteiger partial charge in [-0.2, -0.15) is 4.68 Å². The first-order valence-electron chi connectivity index (χ1n) is 4.45. The van der Waals surface area contributed by atoms with E-state index >= 15 is 0 Å². The van der Waals surface area contributed by atoms with Crippen molar-refractivity contribution in [1.82, 2.24) is 20.2 Å². The monoisotopic (exact) mass is 208 g/mol. The van der Waals surface area contributed by atoms with Crippen LogP contribution in [0.3, 0.4) is 0 Å². The Labute approximate surface area is 85.2 Å². The zero-order valence-corrected chi connectivity index (χ0v) is 7.84. The first kappa shape index (κ1) is 9.72. The molecule has 78 valence electrons. The minimum absolute atomic E-state index is 0.0262. The van der Waals surface area contributed by atoms with E-state index < -0.39 is 0 Å². The molecule has 0 radical (unpaired) electrons. The highest BCUT2D eigenvalue weighted by Gasteiger charge is 2.06. The van der Waals surface area contributed by atoms with Gasteiger partial charge in [-0.15, -0.1) is 5.10 Å². The number of tetrazole rings is 1. The molecule has 0 aliphatic heterocycles. The Morgan fingerprint density at radius 2 is 2.00 bits per heavy atom. The van der Waals surface area contributed by atoms with Crippen molar-refractivity contribution in [2.45, 2.75) is 6.42 Å². The van der Waals surface area contributed by atoms with Gasteiger partial charge in [0.25, 0.3) is 0 Å². The van der Waals surface area contributed by atoms with Gasteiger partial charge in [-0.3, -0.25) is 0 Å². The summed E-state index contributed by atoms with van der Waals surface area (Å²) >= 11 is 0. The summed E-state index contributed by atoms with van der Waals surface area (Å²) in [5.74, 6) is 0.236. The number of hydrogen-bond acceptors (Lipinski definition) is 4. The third-order valence-electron chi connectivity index (χ3n) is 1.94. The Hall–Kier alpha value is -1.82. The quantitative estimate of drug-likeness (QED) is 0.789. The van der Waals surface area contributed by atoms with E-state index in [4.69, 9.17) is 5.11 Å². The Morgan fingerprint density at radius 1 is 1.27 bits per heavy atom. The van der Waals surface area contributed by atoms with Crippen LogP contribution in [0.5, 0.6) is 0 Å². The van der Waals surface area contributed by atoms with Crippen LogP contribution in [-0.4, -0.2) is 31.9 Å². The fourth-order valence-electron chi connectivity index (χ4n) is 1.24. The fourth-order valence-corrected chi connectivity index (χ4v) is 1.24. The Morgan fingerprint density at radius 3 is 2.67 bits per heavy atom. The lowest BCUT2D eigenvalue weighted by molar-refractivity contribution is 0.295. The zero-order chi connectivity index (χ0) is 10.7. The first-order valence-corrected chi connectivity index (χ1v) is 4.45. The molecule has 0 unspecified atom stereocenters. The summed E-state index contributed by atoms with van der Waals surface area (Å²) < 4.78 is 14.1. The van der Waals surface area contributed by atoms with Crippen molar-refractivity contribution >= 4 is 0 Å². The van der Waals surface area contributed by atoms with Gasteiger partial charge in [0.05, 0.1) is 12.3 Å². The van der Waals surface area contributed by atoms with Crippen molar-refractivity contribution in [3.05, 3.63) is 35.9 Å². The fraction of sp³-hybridized carbons (Fsp3) is 0.222. The highest BCUT2D eigenvalue weighted by atomic mass is 19.1. The van der Waals surface area contributed by atoms with Crippen molar-refractivity contribution < 1.29 is 9.50 Å². The van der Waals surface area contributed by atoms with Gasteiger partial charge < -0.3 is 5.11 Å². The van der Waals surface area contributed by atoms with E-state index in [0.717, 1.165) is 0 Å². The molecular weight excluding hydrogens is 199 g/mol. The van der Waals surface area contributed by atoms with Crippen molar-refractivity contribution in [3.8, 4) is 5.69 Å². The smallest absolute Gasteiger partial charge is 0.158 e. The average Bonchev–Trinajstić information content (AvgIpc) is 2.68. The van der Waals surface area contributed by atoms with Gasteiger partial charge >= 0.3 is 0 Å². The third-order valence-corrected chi connectivity index (χ3v) is 1.94. The molecule has 0 saturated carbocycles. The summed E-state index contributed by atoms with van der Waals surface area (Å²) in [5, 5.41) is 19.8. The Bertz CT molecular complexity index is 440. The molecule has 0 aliphatic carbocycles. The minimum Gasteiger partial charge on any atom is -0.396 e. The third kappa shape index (κ3) is 1.99. The number of benzene rings is 1. The summed E-state index contributed by atoms with van der Waals surface area (Å²) in [6.45, 7) is -0.0262. The zero-order valence-electron chi connectivity index (χ0n) is 7.84. The van der Waals surface area contributed by atoms with Gasteiger partial charge in [0.2, 0.25) is 0 Å². The number of aliphatic hydroxyl groups excluding tert-OH is 1. The molecule has 1 aromatic carbocycles. The standard InChI is InChI=1S/C9H9FN4O/c10-7-1-3-8(4-2-7)14-9(5-6-15)11-12-13-14/h1-4,15H,5-6H2. The SMILES string of the molecule is OCCc1nnnn1-c1ccc(F)cc1. The van der Waals surface area contributed by atoms with Crippen LogP contribution in [0.1, 0.15) is 5.82 Å². The van der Waals surface area contributed by atoms with E-state index in [1.54, 1.807) is 12.1 Å². The molecule has 0 fully saturated rings. The van der Waals surface area contributed by atoms with Gasteiger partial charge in [-0.25, -0.2) is 4.39 Å². The normalized spacial score (nSPS) is 10.5. The van der Waals surface area contributed by atoms with Gasteiger partial charge in [0, 0.05) is 6.42 Å². The van der Waals surface area contributed by atoms with Gasteiger partial charge in [0.15, 0.2) is 5.82 Å². The summed E-state index contributed by atoms with van der Waals surface area (Å²) in [5.41, 5.74) is 0.671. The molecule has 1 heterocycles. The summed E-state index contributed by atoms with van der Waals surface area (Å²) in [6.07, 6.45) is 0.365. The second kappa shape index (κ2) is 4.14. The van der Waals surface area contributed by atoms with Crippen molar-refractivity contribution in [1.29, 1.82) is 0 Å². The van der Waals surface area contributed by atoms with Crippen LogP contribution >= 0.6 is 0 Å². The maximum Gasteiger partial charge on any atom is 0.158 e. The second-order valence-electron chi connectivity index (χ2n) is 2.96. The number of nitrogens with zero attached hydrogens (tertiary/aromatic N) is 4. The molecule has 6 heteroatoms. The summed E-state index contributed by atoms with van der Waals surface area (Å²) in [4.78, 5) is 0. The summed E-state index contributed by atoms with van der Waals surface area (Å²) in [6, 6.07) is 5.82. The van der Waals surface area contributed by atoms with Crippen molar-refractivity contribution in [2.24, 2.45) is 0 Å². The predicted molar refractivity (Wildman–Crippen MR) is 49.9 cm³/mol. The molecule has 1 aromatic heterocycles. The lowest BCUT2D eigenvalue weighted by atomic mass is 10.3. The molecule has 1 N–H and O–H groups in total. The average molecular weight is 208 g/mol. The van der Waals surface area contributed by atoms with Crippen LogP contribution in [0, 0.1) is 5.82 Å². The molecule has 0 atom stereocenters.